The summed E-state index contributed by atoms with van der Waals surface area (Å²) in [7, 11) is 3.49. The first-order valence-corrected chi connectivity index (χ1v) is 6.57. The Morgan fingerprint density at radius 2 is 2.15 bits per heavy atom. The van der Waals surface area contributed by atoms with E-state index in [1.54, 1.807) is 25.1 Å². The van der Waals surface area contributed by atoms with E-state index in [4.69, 9.17) is 10.2 Å². The van der Waals surface area contributed by atoms with E-state index < -0.39 is 0 Å². The van der Waals surface area contributed by atoms with Gasteiger partial charge < -0.3 is 15.1 Å². The van der Waals surface area contributed by atoms with Crippen molar-refractivity contribution in [3.05, 3.63) is 24.1 Å². The zero-order chi connectivity index (χ0) is 14.7. The van der Waals surface area contributed by atoms with E-state index in [9.17, 15) is 4.79 Å². The lowest BCUT2D eigenvalue weighted by Gasteiger charge is -2.20. The summed E-state index contributed by atoms with van der Waals surface area (Å²) >= 11 is 0. The summed E-state index contributed by atoms with van der Waals surface area (Å²) in [6.45, 7) is 3.58. The van der Waals surface area contributed by atoms with Gasteiger partial charge in [0.25, 0.3) is 0 Å². The number of nitrogens with zero attached hydrogens (tertiary/aromatic N) is 3. The number of likely N-dealkylation sites (N-methyl/N-ethyl adjacent to an activating group) is 2. The van der Waals surface area contributed by atoms with Crippen LogP contribution in [0.5, 0.6) is 0 Å². The molecule has 1 aromatic carbocycles. The van der Waals surface area contributed by atoms with Crippen LogP contribution in [0.2, 0.25) is 0 Å². The molecule has 0 aliphatic carbocycles. The molecule has 0 spiro atoms. The van der Waals surface area contributed by atoms with Crippen LogP contribution in [0, 0.1) is 0 Å². The minimum absolute atomic E-state index is 0.0578. The van der Waals surface area contributed by atoms with Gasteiger partial charge >= 0.3 is 0 Å². The molecule has 20 heavy (non-hydrogen) atoms. The fourth-order valence-electron chi connectivity index (χ4n) is 1.89. The highest BCUT2D eigenvalue weighted by Gasteiger charge is 2.15. The van der Waals surface area contributed by atoms with Gasteiger partial charge in [0, 0.05) is 14.1 Å². The van der Waals surface area contributed by atoms with Gasteiger partial charge in [-0.2, -0.15) is 0 Å². The Kier molecular flexibility index (Phi) is 4.24. The van der Waals surface area contributed by atoms with Crippen molar-refractivity contribution in [2.75, 3.05) is 32.9 Å². The number of aromatic nitrogens is 1. The van der Waals surface area contributed by atoms with Crippen molar-refractivity contribution in [1.29, 1.82) is 0 Å². The fraction of sp³-hybridized carbons (Fsp3) is 0.429. The average Bonchev–Trinajstić information content (AvgIpc) is 2.81. The Balaban J connectivity index is 2.13. The topological polar surface area (TPSA) is 75.6 Å². The maximum absolute atomic E-state index is 11.7. The van der Waals surface area contributed by atoms with E-state index in [1.807, 2.05) is 24.0 Å². The molecule has 0 aliphatic rings. The summed E-state index contributed by atoms with van der Waals surface area (Å²) in [5, 5.41) is 0. The Hall–Kier alpha value is -2.08. The van der Waals surface area contributed by atoms with Crippen LogP contribution >= 0.6 is 0 Å². The Morgan fingerprint density at radius 3 is 2.75 bits per heavy atom. The molecule has 0 radical (unpaired) electrons. The van der Waals surface area contributed by atoms with Crippen LogP contribution in [0.25, 0.3) is 11.1 Å². The molecule has 1 aromatic heterocycles. The maximum Gasteiger partial charge on any atom is 0.236 e. The molecule has 0 bridgehead atoms. The molecule has 2 rings (SSSR count). The highest BCUT2D eigenvalue weighted by molar-refractivity contribution is 5.85. The van der Waals surface area contributed by atoms with Gasteiger partial charge in [0.1, 0.15) is 5.52 Å². The summed E-state index contributed by atoms with van der Waals surface area (Å²) in [6.07, 6.45) is 0. The number of nitrogen functional groups attached to an aromatic ring is 1. The number of nitrogens with two attached hydrogens (primary N) is 1. The summed E-state index contributed by atoms with van der Waals surface area (Å²) in [5.74, 6) is 0.633. The third-order valence-electron chi connectivity index (χ3n) is 3.16. The molecule has 0 saturated heterocycles. The van der Waals surface area contributed by atoms with Crippen LogP contribution in [0.15, 0.2) is 22.6 Å². The van der Waals surface area contributed by atoms with Crippen molar-refractivity contribution in [3.8, 4) is 0 Å². The van der Waals surface area contributed by atoms with E-state index in [-0.39, 0.29) is 5.91 Å². The smallest absolute Gasteiger partial charge is 0.236 e. The first-order valence-electron chi connectivity index (χ1n) is 6.57. The minimum Gasteiger partial charge on any atom is -0.439 e. The molecule has 0 fully saturated rings. The number of anilines is 1. The van der Waals surface area contributed by atoms with Gasteiger partial charge in [-0.15, -0.1) is 0 Å². The molecule has 2 aromatic rings. The van der Waals surface area contributed by atoms with E-state index in [0.717, 1.165) is 6.54 Å². The standard InChI is InChI=1S/C14H20N4O2/c1-4-18(9-13(19)17(2)3)8-12-16-14-10(15)6-5-7-11(14)20-12/h5-7H,4,8-9,15H2,1-3H3. The number of para-hydroxylation sites is 1. The Labute approximate surface area is 118 Å². The van der Waals surface area contributed by atoms with Gasteiger partial charge in [0.05, 0.1) is 18.8 Å². The monoisotopic (exact) mass is 276 g/mol. The molecule has 108 valence electrons. The van der Waals surface area contributed by atoms with E-state index >= 15 is 0 Å². The molecule has 1 heterocycles. The molecular formula is C14H20N4O2. The number of hydrogen-bond donors (Lipinski definition) is 1. The largest absolute Gasteiger partial charge is 0.439 e. The van der Waals surface area contributed by atoms with Crippen LogP contribution in [-0.4, -0.2) is 47.9 Å². The predicted molar refractivity (Wildman–Crippen MR) is 78.1 cm³/mol. The van der Waals surface area contributed by atoms with E-state index in [1.165, 1.54) is 0 Å². The molecule has 0 unspecified atom stereocenters. The SMILES string of the molecule is CCN(CC(=O)N(C)C)Cc1nc2c(N)cccc2o1. The number of carbonyl (C=O) groups excluding carboxylic acids is 1. The van der Waals surface area contributed by atoms with Crippen LogP contribution in [0.4, 0.5) is 5.69 Å². The average molecular weight is 276 g/mol. The van der Waals surface area contributed by atoms with Gasteiger partial charge in [-0.3, -0.25) is 9.69 Å². The number of oxazole rings is 1. The van der Waals surface area contributed by atoms with Crippen molar-refractivity contribution >= 4 is 22.7 Å². The zero-order valence-electron chi connectivity index (χ0n) is 12.1. The quantitative estimate of drug-likeness (QED) is 0.834. The van der Waals surface area contributed by atoms with E-state index in [0.29, 0.717) is 35.8 Å². The molecule has 0 atom stereocenters. The lowest BCUT2D eigenvalue weighted by Crippen LogP contribution is -2.36. The molecule has 6 heteroatoms. The van der Waals surface area contributed by atoms with Crippen LogP contribution in [-0.2, 0) is 11.3 Å². The molecule has 0 aliphatic heterocycles. The van der Waals surface area contributed by atoms with Crippen molar-refractivity contribution in [2.24, 2.45) is 0 Å². The molecular weight excluding hydrogens is 256 g/mol. The number of fused-ring (bicyclic) bond motifs is 1. The van der Waals surface area contributed by atoms with Gasteiger partial charge in [0.15, 0.2) is 5.58 Å². The molecule has 2 N–H and O–H groups in total. The van der Waals surface area contributed by atoms with Crippen molar-refractivity contribution in [3.63, 3.8) is 0 Å². The number of carbonyl (C=O) groups is 1. The lowest BCUT2D eigenvalue weighted by atomic mass is 10.3. The highest BCUT2D eigenvalue weighted by atomic mass is 16.3. The van der Waals surface area contributed by atoms with Gasteiger partial charge in [0.2, 0.25) is 11.8 Å². The second-order valence-electron chi connectivity index (χ2n) is 4.89. The maximum atomic E-state index is 11.7. The molecule has 0 saturated carbocycles. The van der Waals surface area contributed by atoms with E-state index in [2.05, 4.69) is 4.98 Å². The first kappa shape index (κ1) is 14.3. The first-order chi connectivity index (χ1) is 9.51. The number of amides is 1. The number of benzene rings is 1. The van der Waals surface area contributed by atoms with Gasteiger partial charge in [-0.1, -0.05) is 13.0 Å². The third kappa shape index (κ3) is 3.08. The van der Waals surface area contributed by atoms with Crippen LogP contribution < -0.4 is 5.73 Å². The summed E-state index contributed by atoms with van der Waals surface area (Å²) < 4.78 is 5.67. The van der Waals surface area contributed by atoms with Gasteiger partial charge in [-0.05, 0) is 18.7 Å². The number of rotatable bonds is 5. The van der Waals surface area contributed by atoms with Crippen molar-refractivity contribution < 1.29 is 9.21 Å². The Bertz CT molecular complexity index is 606. The zero-order valence-corrected chi connectivity index (χ0v) is 12.1. The third-order valence-corrected chi connectivity index (χ3v) is 3.16. The number of hydrogen-bond acceptors (Lipinski definition) is 5. The summed E-state index contributed by atoms with van der Waals surface area (Å²) in [4.78, 5) is 19.7. The minimum atomic E-state index is 0.0578. The lowest BCUT2D eigenvalue weighted by molar-refractivity contribution is -0.130. The second kappa shape index (κ2) is 5.92. The summed E-state index contributed by atoms with van der Waals surface area (Å²) in [5.41, 5.74) is 7.81. The van der Waals surface area contributed by atoms with Crippen molar-refractivity contribution in [2.45, 2.75) is 13.5 Å². The summed E-state index contributed by atoms with van der Waals surface area (Å²) in [6, 6.07) is 5.46. The molecule has 1 amide bonds. The van der Waals surface area contributed by atoms with Crippen LogP contribution in [0.1, 0.15) is 12.8 Å². The normalized spacial score (nSPS) is 11.2. The Morgan fingerprint density at radius 1 is 1.40 bits per heavy atom. The van der Waals surface area contributed by atoms with Crippen LogP contribution in [0.3, 0.4) is 0 Å². The fourth-order valence-corrected chi connectivity index (χ4v) is 1.89. The second-order valence-corrected chi connectivity index (χ2v) is 4.89. The highest BCUT2D eigenvalue weighted by Crippen LogP contribution is 2.21. The van der Waals surface area contributed by atoms with Crippen molar-refractivity contribution in [1.82, 2.24) is 14.8 Å². The molecule has 6 nitrogen and oxygen atoms in total. The predicted octanol–water partition coefficient (Wildman–Crippen LogP) is 1.32. The van der Waals surface area contributed by atoms with Gasteiger partial charge in [-0.25, -0.2) is 4.98 Å².